The van der Waals surface area contributed by atoms with Crippen molar-refractivity contribution in [3.05, 3.63) is 99.5 Å². The number of hydrogen-bond donors (Lipinski definition) is 1. The molecule has 4 rings (SSSR count). The maximum Gasteiger partial charge on any atom is 0.416 e. The second-order valence-electron chi connectivity index (χ2n) is 8.50. The third kappa shape index (κ3) is 5.98. The summed E-state index contributed by atoms with van der Waals surface area (Å²) < 4.78 is 46.3. The highest BCUT2D eigenvalue weighted by molar-refractivity contribution is 5.93. The summed E-state index contributed by atoms with van der Waals surface area (Å²) in [5, 5.41) is 2.74. The monoisotopic (exact) mass is 485 g/mol. The van der Waals surface area contributed by atoms with Gasteiger partial charge in [-0.05, 0) is 42.8 Å². The third-order valence-corrected chi connectivity index (χ3v) is 5.92. The number of morpholine rings is 1. The van der Waals surface area contributed by atoms with Gasteiger partial charge in [0.25, 0.3) is 11.5 Å². The molecule has 1 aliphatic heterocycles. The Morgan fingerprint density at radius 2 is 1.86 bits per heavy atom. The van der Waals surface area contributed by atoms with Crippen molar-refractivity contribution in [1.29, 1.82) is 0 Å². The van der Waals surface area contributed by atoms with Gasteiger partial charge < -0.3 is 10.1 Å². The van der Waals surface area contributed by atoms with E-state index in [9.17, 15) is 22.8 Å². The molecule has 0 spiro atoms. The zero-order chi connectivity index (χ0) is 25.0. The van der Waals surface area contributed by atoms with Crippen molar-refractivity contribution in [3.63, 3.8) is 0 Å². The van der Waals surface area contributed by atoms with Gasteiger partial charge in [0, 0.05) is 37.6 Å². The SMILES string of the molecule is Cc1ccc(C(=O)NCC2CN(Cc3ccccc3)CCO2)c(=O)n1-c1cccc(C(F)(F)F)c1. The fourth-order valence-electron chi connectivity index (χ4n) is 4.14. The fraction of sp³-hybridized carbons (Fsp3) is 0.308. The zero-order valence-corrected chi connectivity index (χ0v) is 19.2. The first-order valence-corrected chi connectivity index (χ1v) is 11.3. The Labute approximate surface area is 200 Å². The van der Waals surface area contributed by atoms with Gasteiger partial charge in [-0.3, -0.25) is 19.1 Å². The Morgan fingerprint density at radius 3 is 2.60 bits per heavy atom. The van der Waals surface area contributed by atoms with Crippen LogP contribution in [0.1, 0.15) is 27.2 Å². The molecule has 2 aromatic carbocycles. The quantitative estimate of drug-likeness (QED) is 0.577. The smallest absolute Gasteiger partial charge is 0.374 e. The number of amides is 1. The van der Waals surface area contributed by atoms with Crippen LogP contribution < -0.4 is 10.9 Å². The van der Waals surface area contributed by atoms with Crippen molar-refractivity contribution in [3.8, 4) is 5.69 Å². The number of pyridine rings is 1. The maximum absolute atomic E-state index is 13.2. The Bertz CT molecular complexity index is 1240. The summed E-state index contributed by atoms with van der Waals surface area (Å²) in [6.45, 7) is 4.51. The Kier molecular flexibility index (Phi) is 7.37. The molecule has 1 amide bonds. The van der Waals surface area contributed by atoms with Crippen LogP contribution in [0.5, 0.6) is 0 Å². The van der Waals surface area contributed by atoms with Crippen LogP contribution in [0.4, 0.5) is 13.2 Å². The highest BCUT2D eigenvalue weighted by Crippen LogP contribution is 2.30. The number of halogens is 3. The number of aryl methyl sites for hydroxylation is 1. The standard InChI is InChI=1S/C26H26F3N3O3/c1-18-10-11-23(25(34)32(18)21-9-5-8-20(14-21)26(27,28)29)24(33)30-15-22-17-31(12-13-35-22)16-19-6-3-2-4-7-19/h2-11,14,22H,12-13,15-17H2,1H3,(H,30,33). The van der Waals surface area contributed by atoms with E-state index in [1.807, 2.05) is 18.2 Å². The lowest BCUT2D eigenvalue weighted by atomic mass is 10.1. The van der Waals surface area contributed by atoms with E-state index in [4.69, 9.17) is 4.74 Å². The molecule has 2 heterocycles. The molecule has 1 atom stereocenters. The van der Waals surface area contributed by atoms with Crippen LogP contribution in [0.25, 0.3) is 5.69 Å². The molecule has 3 aromatic rings. The predicted octanol–water partition coefficient (Wildman–Crippen LogP) is 3.80. The molecule has 0 saturated carbocycles. The van der Waals surface area contributed by atoms with Crippen molar-refractivity contribution < 1.29 is 22.7 Å². The lowest BCUT2D eigenvalue weighted by Crippen LogP contribution is -2.47. The minimum atomic E-state index is -4.54. The lowest BCUT2D eigenvalue weighted by Gasteiger charge is -2.33. The summed E-state index contributed by atoms with van der Waals surface area (Å²) in [4.78, 5) is 28.1. The molecule has 0 bridgehead atoms. The van der Waals surface area contributed by atoms with Gasteiger partial charge in [-0.25, -0.2) is 0 Å². The Balaban J connectivity index is 1.45. The van der Waals surface area contributed by atoms with Crippen LogP contribution in [0.3, 0.4) is 0 Å². The van der Waals surface area contributed by atoms with E-state index in [2.05, 4.69) is 22.3 Å². The normalized spacial score (nSPS) is 16.7. The van der Waals surface area contributed by atoms with Crippen LogP contribution >= 0.6 is 0 Å². The lowest BCUT2D eigenvalue weighted by molar-refractivity contribution is -0.137. The van der Waals surface area contributed by atoms with Crippen molar-refractivity contribution in [1.82, 2.24) is 14.8 Å². The summed E-state index contributed by atoms with van der Waals surface area (Å²) >= 11 is 0. The van der Waals surface area contributed by atoms with Gasteiger partial charge in [-0.2, -0.15) is 13.2 Å². The van der Waals surface area contributed by atoms with Gasteiger partial charge >= 0.3 is 6.18 Å². The van der Waals surface area contributed by atoms with Crippen molar-refractivity contribution in [2.75, 3.05) is 26.2 Å². The van der Waals surface area contributed by atoms with Gasteiger partial charge in [0.05, 0.1) is 18.3 Å². The van der Waals surface area contributed by atoms with E-state index >= 15 is 0 Å². The van der Waals surface area contributed by atoms with E-state index in [-0.39, 0.29) is 23.9 Å². The molecule has 0 radical (unpaired) electrons. The molecule has 1 N–H and O–H groups in total. The number of hydrogen-bond acceptors (Lipinski definition) is 4. The molecule has 1 saturated heterocycles. The van der Waals surface area contributed by atoms with Gasteiger partial charge in [0.1, 0.15) is 5.56 Å². The number of nitrogens with zero attached hydrogens (tertiary/aromatic N) is 2. The van der Waals surface area contributed by atoms with Crippen molar-refractivity contribution >= 4 is 5.91 Å². The zero-order valence-electron chi connectivity index (χ0n) is 19.2. The van der Waals surface area contributed by atoms with Crippen LogP contribution in [-0.4, -0.2) is 47.7 Å². The number of nitrogens with one attached hydrogen (secondary N) is 1. The largest absolute Gasteiger partial charge is 0.416 e. The predicted molar refractivity (Wildman–Crippen MR) is 126 cm³/mol. The average Bonchev–Trinajstić information content (AvgIpc) is 2.83. The molecule has 9 heteroatoms. The van der Waals surface area contributed by atoms with Gasteiger partial charge in [-0.15, -0.1) is 0 Å². The van der Waals surface area contributed by atoms with E-state index in [0.717, 1.165) is 29.8 Å². The number of carbonyl (C=O) groups is 1. The maximum atomic E-state index is 13.2. The van der Waals surface area contributed by atoms with Crippen LogP contribution in [0.15, 0.2) is 71.5 Å². The van der Waals surface area contributed by atoms with Gasteiger partial charge in [-0.1, -0.05) is 36.4 Å². The number of rotatable bonds is 6. The number of alkyl halides is 3. The minimum Gasteiger partial charge on any atom is -0.374 e. The van der Waals surface area contributed by atoms with Gasteiger partial charge in [0.2, 0.25) is 0 Å². The summed E-state index contributed by atoms with van der Waals surface area (Å²) in [7, 11) is 0. The first-order valence-electron chi connectivity index (χ1n) is 11.3. The fourth-order valence-corrected chi connectivity index (χ4v) is 4.14. The molecular weight excluding hydrogens is 459 g/mol. The molecule has 35 heavy (non-hydrogen) atoms. The first-order chi connectivity index (χ1) is 16.7. The second-order valence-corrected chi connectivity index (χ2v) is 8.50. The highest BCUT2D eigenvalue weighted by atomic mass is 19.4. The minimum absolute atomic E-state index is 0.0455. The van der Waals surface area contributed by atoms with Gasteiger partial charge in [0.15, 0.2) is 0 Å². The number of ether oxygens (including phenoxy) is 1. The average molecular weight is 486 g/mol. The number of aromatic nitrogens is 1. The van der Waals surface area contributed by atoms with Crippen LogP contribution in [-0.2, 0) is 17.5 Å². The summed E-state index contributed by atoms with van der Waals surface area (Å²) in [5.74, 6) is -0.598. The van der Waals surface area contributed by atoms with Crippen LogP contribution in [0.2, 0.25) is 0 Å². The summed E-state index contributed by atoms with van der Waals surface area (Å²) in [6, 6.07) is 17.4. The molecule has 1 unspecified atom stereocenters. The number of benzene rings is 2. The van der Waals surface area contributed by atoms with Crippen LogP contribution in [0, 0.1) is 6.92 Å². The molecule has 1 aromatic heterocycles. The molecule has 6 nitrogen and oxygen atoms in total. The molecule has 1 fully saturated rings. The second kappa shape index (κ2) is 10.5. The molecule has 184 valence electrons. The first kappa shape index (κ1) is 24.7. The Morgan fingerprint density at radius 1 is 1.09 bits per heavy atom. The third-order valence-electron chi connectivity index (χ3n) is 5.92. The summed E-state index contributed by atoms with van der Waals surface area (Å²) in [5.41, 5.74) is -0.0538. The molecule has 0 aliphatic carbocycles. The van der Waals surface area contributed by atoms with E-state index in [0.29, 0.717) is 18.8 Å². The van der Waals surface area contributed by atoms with E-state index in [1.165, 1.54) is 29.8 Å². The highest BCUT2D eigenvalue weighted by Gasteiger charge is 2.31. The van der Waals surface area contributed by atoms with Crippen molar-refractivity contribution in [2.24, 2.45) is 0 Å². The Hall–Kier alpha value is -3.43. The van der Waals surface area contributed by atoms with E-state index in [1.54, 1.807) is 6.92 Å². The summed E-state index contributed by atoms with van der Waals surface area (Å²) in [6.07, 6.45) is -4.79. The molecule has 1 aliphatic rings. The van der Waals surface area contributed by atoms with Crippen molar-refractivity contribution in [2.45, 2.75) is 25.7 Å². The topological polar surface area (TPSA) is 63.6 Å². The molecular formula is C26H26F3N3O3. The van der Waals surface area contributed by atoms with E-state index < -0.39 is 23.2 Å². The number of carbonyl (C=O) groups excluding carboxylic acids is 1.